The van der Waals surface area contributed by atoms with Crippen LogP contribution in [0.15, 0.2) is 35.7 Å². The Morgan fingerprint density at radius 1 is 1.32 bits per heavy atom. The van der Waals surface area contributed by atoms with Crippen LogP contribution in [0.5, 0.6) is 11.5 Å². The summed E-state index contributed by atoms with van der Waals surface area (Å²) in [4.78, 5) is 13.1. The zero-order valence-electron chi connectivity index (χ0n) is 11.0. The van der Waals surface area contributed by atoms with E-state index in [2.05, 4.69) is 0 Å². The van der Waals surface area contributed by atoms with Crippen molar-refractivity contribution in [2.24, 2.45) is 0 Å². The molecule has 100 valence electrons. The fraction of sp³-hybridized carbons (Fsp3) is 0.267. The minimum absolute atomic E-state index is 0.0278. The van der Waals surface area contributed by atoms with Crippen LogP contribution in [-0.4, -0.2) is 19.5 Å². The van der Waals surface area contributed by atoms with E-state index in [9.17, 15) is 4.79 Å². The van der Waals surface area contributed by atoms with Crippen LogP contribution in [0.4, 0.5) is 0 Å². The van der Waals surface area contributed by atoms with Gasteiger partial charge in [0.15, 0.2) is 0 Å². The quantitative estimate of drug-likeness (QED) is 0.753. The minimum Gasteiger partial charge on any atom is -0.496 e. The van der Waals surface area contributed by atoms with Crippen LogP contribution in [0.1, 0.15) is 28.6 Å². The van der Waals surface area contributed by atoms with E-state index in [4.69, 9.17) is 9.47 Å². The summed E-state index contributed by atoms with van der Waals surface area (Å²) in [5.74, 6) is 1.32. The van der Waals surface area contributed by atoms with Crippen molar-refractivity contribution in [1.82, 2.24) is 0 Å². The highest BCUT2D eigenvalue weighted by Gasteiger charge is 2.16. The van der Waals surface area contributed by atoms with E-state index >= 15 is 0 Å². The summed E-state index contributed by atoms with van der Waals surface area (Å²) < 4.78 is 10.7. The maximum atomic E-state index is 12.4. The van der Waals surface area contributed by atoms with Crippen LogP contribution >= 0.6 is 11.3 Å². The molecule has 4 heteroatoms. The molecule has 1 heterocycles. The largest absolute Gasteiger partial charge is 0.496 e. The fourth-order valence-corrected chi connectivity index (χ4v) is 2.48. The van der Waals surface area contributed by atoms with Crippen molar-refractivity contribution < 1.29 is 14.3 Å². The summed E-state index contributed by atoms with van der Waals surface area (Å²) in [5.41, 5.74) is 0.598. The monoisotopic (exact) mass is 276 g/mol. The van der Waals surface area contributed by atoms with Gasteiger partial charge >= 0.3 is 0 Å². The van der Waals surface area contributed by atoms with Gasteiger partial charge < -0.3 is 9.47 Å². The Morgan fingerprint density at radius 2 is 2.11 bits per heavy atom. The molecule has 0 radical (unpaired) electrons. The summed E-state index contributed by atoms with van der Waals surface area (Å²) >= 11 is 1.38. The Morgan fingerprint density at radius 3 is 2.79 bits per heavy atom. The Bertz CT molecular complexity index is 560. The molecule has 0 aliphatic heterocycles. The van der Waals surface area contributed by atoms with Crippen LogP contribution in [-0.2, 0) is 0 Å². The van der Waals surface area contributed by atoms with Crippen molar-refractivity contribution in [3.8, 4) is 11.5 Å². The summed E-state index contributed by atoms with van der Waals surface area (Å²) in [7, 11) is 1.59. The lowest BCUT2D eigenvalue weighted by Crippen LogP contribution is -2.04. The number of carbonyl (C=O) groups excluding carboxylic acids is 1. The minimum atomic E-state index is -0.0278. The van der Waals surface area contributed by atoms with E-state index in [0.29, 0.717) is 28.5 Å². The number of hydrogen-bond donors (Lipinski definition) is 0. The zero-order valence-corrected chi connectivity index (χ0v) is 11.8. The van der Waals surface area contributed by atoms with E-state index < -0.39 is 0 Å². The van der Waals surface area contributed by atoms with E-state index in [1.807, 2.05) is 30.5 Å². The number of para-hydroxylation sites is 1. The molecule has 0 unspecified atom stereocenters. The highest BCUT2D eigenvalue weighted by Crippen LogP contribution is 2.27. The number of ketones is 1. The van der Waals surface area contributed by atoms with Gasteiger partial charge in [0.25, 0.3) is 0 Å². The van der Waals surface area contributed by atoms with E-state index in [1.165, 1.54) is 11.3 Å². The van der Waals surface area contributed by atoms with Crippen LogP contribution in [0.25, 0.3) is 0 Å². The molecule has 0 aliphatic carbocycles. The first kappa shape index (κ1) is 13.6. The molecule has 0 amide bonds. The van der Waals surface area contributed by atoms with Crippen LogP contribution in [0.2, 0.25) is 0 Å². The van der Waals surface area contributed by atoms with Gasteiger partial charge in [-0.3, -0.25) is 4.79 Å². The lowest BCUT2D eigenvalue weighted by Gasteiger charge is -2.08. The number of hydrogen-bond acceptors (Lipinski definition) is 4. The van der Waals surface area contributed by atoms with Crippen molar-refractivity contribution in [2.75, 3.05) is 13.7 Å². The molecule has 1 aromatic heterocycles. The predicted molar refractivity (Wildman–Crippen MR) is 76.5 cm³/mol. The molecular weight excluding hydrogens is 260 g/mol. The second-order valence-electron chi connectivity index (χ2n) is 4.02. The SMILES string of the molecule is CCCOc1ccccc1C(=O)c1cc(OC)cs1. The standard InChI is InChI=1S/C15H16O3S/c1-3-8-18-13-7-5-4-6-12(13)15(16)14-9-11(17-2)10-19-14/h4-7,9-10H,3,8H2,1-2H3. The molecule has 19 heavy (non-hydrogen) atoms. The maximum Gasteiger partial charge on any atom is 0.206 e. The second-order valence-corrected chi connectivity index (χ2v) is 4.94. The Balaban J connectivity index is 2.27. The Labute approximate surface area is 116 Å². The third-order valence-corrected chi connectivity index (χ3v) is 3.54. The molecule has 2 aromatic rings. The summed E-state index contributed by atoms with van der Waals surface area (Å²) in [6.07, 6.45) is 0.912. The molecule has 0 saturated carbocycles. The first-order valence-corrected chi connectivity index (χ1v) is 7.03. The van der Waals surface area contributed by atoms with Gasteiger partial charge in [0.2, 0.25) is 5.78 Å². The number of benzene rings is 1. The molecule has 0 N–H and O–H groups in total. The number of rotatable bonds is 6. The van der Waals surface area contributed by atoms with Crippen molar-refractivity contribution in [1.29, 1.82) is 0 Å². The van der Waals surface area contributed by atoms with Gasteiger partial charge in [-0.25, -0.2) is 0 Å². The molecule has 0 saturated heterocycles. The van der Waals surface area contributed by atoms with Gasteiger partial charge in [0, 0.05) is 11.4 Å². The molecule has 0 bridgehead atoms. The number of thiophene rings is 1. The van der Waals surface area contributed by atoms with E-state index in [-0.39, 0.29) is 5.78 Å². The fourth-order valence-electron chi connectivity index (χ4n) is 1.67. The molecule has 2 rings (SSSR count). The lowest BCUT2D eigenvalue weighted by atomic mass is 10.1. The lowest BCUT2D eigenvalue weighted by molar-refractivity contribution is 0.103. The van der Waals surface area contributed by atoms with Gasteiger partial charge in [0.1, 0.15) is 11.5 Å². The van der Waals surface area contributed by atoms with Crippen molar-refractivity contribution in [3.63, 3.8) is 0 Å². The van der Waals surface area contributed by atoms with Gasteiger partial charge in [-0.1, -0.05) is 19.1 Å². The van der Waals surface area contributed by atoms with Crippen molar-refractivity contribution in [3.05, 3.63) is 46.2 Å². The summed E-state index contributed by atoms with van der Waals surface area (Å²) in [6.45, 7) is 2.65. The molecule has 0 aliphatic rings. The number of carbonyl (C=O) groups is 1. The Kier molecular flexibility index (Phi) is 4.58. The van der Waals surface area contributed by atoms with Crippen molar-refractivity contribution >= 4 is 17.1 Å². The first-order valence-electron chi connectivity index (χ1n) is 6.15. The Hall–Kier alpha value is -1.81. The van der Waals surface area contributed by atoms with Crippen molar-refractivity contribution in [2.45, 2.75) is 13.3 Å². The summed E-state index contributed by atoms with van der Waals surface area (Å²) in [5, 5.41) is 1.82. The van der Waals surface area contributed by atoms with Crippen LogP contribution in [0.3, 0.4) is 0 Å². The van der Waals surface area contributed by atoms with Gasteiger partial charge in [-0.15, -0.1) is 11.3 Å². The normalized spacial score (nSPS) is 10.2. The molecule has 3 nitrogen and oxygen atoms in total. The van der Waals surface area contributed by atoms with Gasteiger partial charge in [-0.2, -0.15) is 0 Å². The van der Waals surface area contributed by atoms with Crippen LogP contribution in [0, 0.1) is 0 Å². The molecule has 0 spiro atoms. The third-order valence-electron chi connectivity index (χ3n) is 2.63. The van der Waals surface area contributed by atoms with Gasteiger partial charge in [-0.05, 0) is 18.6 Å². The average Bonchev–Trinajstić information content (AvgIpc) is 2.93. The highest BCUT2D eigenvalue weighted by molar-refractivity contribution is 7.12. The molecule has 0 fully saturated rings. The van der Waals surface area contributed by atoms with Gasteiger partial charge in [0.05, 0.1) is 24.2 Å². The summed E-state index contributed by atoms with van der Waals surface area (Å²) in [6, 6.07) is 9.09. The number of methoxy groups -OCH3 is 1. The molecular formula is C15H16O3S. The third kappa shape index (κ3) is 3.15. The second kappa shape index (κ2) is 6.38. The highest BCUT2D eigenvalue weighted by atomic mass is 32.1. The van der Waals surface area contributed by atoms with Crippen LogP contribution < -0.4 is 9.47 Å². The zero-order chi connectivity index (χ0) is 13.7. The predicted octanol–water partition coefficient (Wildman–Crippen LogP) is 3.78. The van der Waals surface area contributed by atoms with E-state index in [0.717, 1.165) is 6.42 Å². The molecule has 0 atom stereocenters. The smallest absolute Gasteiger partial charge is 0.206 e. The van der Waals surface area contributed by atoms with E-state index in [1.54, 1.807) is 19.2 Å². The molecule has 1 aromatic carbocycles. The number of ether oxygens (including phenoxy) is 2. The topological polar surface area (TPSA) is 35.5 Å². The first-order chi connectivity index (χ1) is 9.26. The maximum absolute atomic E-state index is 12.4. The average molecular weight is 276 g/mol.